The molecular formula is C13H16N2O2S. The number of aromatic nitrogens is 1. The summed E-state index contributed by atoms with van der Waals surface area (Å²) in [5.41, 5.74) is 0. The first-order valence-corrected chi connectivity index (χ1v) is 7.12. The number of ether oxygens (including phenoxy) is 1. The van der Waals surface area contributed by atoms with Crippen LogP contribution in [0.25, 0.3) is 0 Å². The third-order valence-electron chi connectivity index (χ3n) is 3.52. The molecule has 0 saturated carbocycles. The lowest BCUT2D eigenvalue weighted by Gasteiger charge is -2.47. The zero-order valence-electron chi connectivity index (χ0n) is 10.3. The monoisotopic (exact) mass is 264 g/mol. The van der Waals surface area contributed by atoms with Crippen molar-refractivity contribution in [2.75, 3.05) is 18.8 Å². The highest BCUT2D eigenvalue weighted by Crippen LogP contribution is 2.45. The molecule has 1 aromatic rings. The Balaban J connectivity index is 1.55. The average Bonchev–Trinajstić information content (AvgIpc) is 2.72. The Kier molecular flexibility index (Phi) is 2.93. The topological polar surface area (TPSA) is 42.4 Å². The van der Waals surface area contributed by atoms with Crippen molar-refractivity contribution in [3.8, 4) is 5.75 Å². The molecule has 1 spiro atoms. The van der Waals surface area contributed by atoms with Crippen molar-refractivity contribution < 1.29 is 9.53 Å². The van der Waals surface area contributed by atoms with Crippen LogP contribution in [-0.2, 0) is 4.79 Å². The molecule has 2 aliphatic rings. The number of amides is 1. The lowest BCUT2D eigenvalue weighted by atomic mass is 9.93. The summed E-state index contributed by atoms with van der Waals surface area (Å²) >= 11 is 1.94. The summed E-state index contributed by atoms with van der Waals surface area (Å²) in [6.07, 6.45) is 4.76. The van der Waals surface area contributed by atoms with Gasteiger partial charge in [0.05, 0.1) is 10.9 Å². The Morgan fingerprint density at radius 1 is 1.61 bits per heavy atom. The van der Waals surface area contributed by atoms with Gasteiger partial charge < -0.3 is 9.64 Å². The van der Waals surface area contributed by atoms with E-state index in [9.17, 15) is 4.79 Å². The maximum Gasteiger partial charge on any atom is 0.219 e. The van der Waals surface area contributed by atoms with E-state index in [1.54, 1.807) is 19.3 Å². The van der Waals surface area contributed by atoms with Gasteiger partial charge in [0.2, 0.25) is 5.91 Å². The zero-order chi connectivity index (χ0) is 12.6. The molecule has 0 unspecified atom stereocenters. The number of nitrogens with zero attached hydrogens (tertiary/aromatic N) is 2. The van der Waals surface area contributed by atoms with Crippen LogP contribution in [0.5, 0.6) is 5.75 Å². The summed E-state index contributed by atoms with van der Waals surface area (Å²) in [5.74, 6) is 2.02. The predicted octanol–water partition coefficient (Wildman–Crippen LogP) is 1.57. The Bertz CT molecular complexity index is 446. The quantitative estimate of drug-likeness (QED) is 0.813. The van der Waals surface area contributed by atoms with Gasteiger partial charge in [0.1, 0.15) is 11.9 Å². The molecule has 1 atom stereocenters. The first-order valence-electron chi connectivity index (χ1n) is 6.13. The average molecular weight is 264 g/mol. The van der Waals surface area contributed by atoms with E-state index in [0.717, 1.165) is 31.0 Å². The molecule has 0 aromatic carbocycles. The molecular weight excluding hydrogens is 248 g/mol. The minimum atomic E-state index is 0.179. The normalized spacial score (nSPS) is 24.9. The highest BCUT2D eigenvalue weighted by Gasteiger charge is 2.50. The molecule has 1 amide bonds. The SMILES string of the molecule is CC(=O)N1CC2(C[C@H](Oc3cccnc3)CS2)C1. The minimum Gasteiger partial charge on any atom is -0.488 e. The number of thioether (sulfide) groups is 1. The molecule has 4 nitrogen and oxygen atoms in total. The van der Waals surface area contributed by atoms with E-state index in [2.05, 4.69) is 4.98 Å². The van der Waals surface area contributed by atoms with Crippen LogP contribution < -0.4 is 4.74 Å². The van der Waals surface area contributed by atoms with Crippen LogP contribution in [0.15, 0.2) is 24.5 Å². The van der Waals surface area contributed by atoms with Crippen LogP contribution in [0.1, 0.15) is 13.3 Å². The summed E-state index contributed by atoms with van der Waals surface area (Å²) in [7, 11) is 0. The largest absolute Gasteiger partial charge is 0.488 e. The molecule has 0 bridgehead atoms. The van der Waals surface area contributed by atoms with E-state index < -0.39 is 0 Å². The molecule has 2 saturated heterocycles. The summed E-state index contributed by atoms with van der Waals surface area (Å²) in [5, 5.41) is 0. The Morgan fingerprint density at radius 2 is 2.44 bits per heavy atom. The Labute approximate surface area is 111 Å². The standard InChI is InChI=1S/C13H16N2O2S/c1-10(16)15-8-13(9-15)5-12(7-18-13)17-11-3-2-4-14-6-11/h2-4,6,12H,5,7-9H2,1H3/t12-/m0/s1. The molecule has 3 heterocycles. The number of carbonyl (C=O) groups excluding carboxylic acids is 1. The smallest absolute Gasteiger partial charge is 0.219 e. The van der Waals surface area contributed by atoms with Gasteiger partial charge in [0.15, 0.2) is 0 Å². The highest BCUT2D eigenvalue weighted by molar-refractivity contribution is 8.01. The Morgan fingerprint density at radius 3 is 3.11 bits per heavy atom. The molecule has 0 N–H and O–H groups in total. The fourth-order valence-corrected chi connectivity index (χ4v) is 4.10. The first-order chi connectivity index (χ1) is 8.67. The van der Waals surface area contributed by atoms with Crippen molar-refractivity contribution in [1.29, 1.82) is 0 Å². The van der Waals surface area contributed by atoms with Gasteiger partial charge in [-0.15, -0.1) is 11.8 Å². The van der Waals surface area contributed by atoms with Gasteiger partial charge in [-0.25, -0.2) is 0 Å². The van der Waals surface area contributed by atoms with Gasteiger partial charge in [0.25, 0.3) is 0 Å². The lowest BCUT2D eigenvalue weighted by molar-refractivity contribution is -0.134. The number of carbonyl (C=O) groups is 1. The first kappa shape index (κ1) is 11.8. The highest BCUT2D eigenvalue weighted by atomic mass is 32.2. The van der Waals surface area contributed by atoms with Crippen LogP contribution in [0.3, 0.4) is 0 Å². The molecule has 0 radical (unpaired) electrons. The van der Waals surface area contributed by atoms with Crippen LogP contribution in [-0.4, -0.2) is 45.5 Å². The van der Waals surface area contributed by atoms with E-state index in [4.69, 9.17) is 4.74 Å². The lowest BCUT2D eigenvalue weighted by Crippen LogP contribution is -2.60. The second-order valence-corrected chi connectivity index (χ2v) is 6.49. The maximum atomic E-state index is 11.2. The Hall–Kier alpha value is -1.23. The van der Waals surface area contributed by atoms with Gasteiger partial charge in [-0.3, -0.25) is 9.78 Å². The van der Waals surface area contributed by atoms with Crippen LogP contribution >= 0.6 is 11.8 Å². The van der Waals surface area contributed by atoms with Crippen molar-refractivity contribution in [1.82, 2.24) is 9.88 Å². The molecule has 18 heavy (non-hydrogen) atoms. The molecule has 2 aliphatic heterocycles. The van der Waals surface area contributed by atoms with Crippen molar-refractivity contribution in [2.24, 2.45) is 0 Å². The van der Waals surface area contributed by atoms with Gasteiger partial charge in [-0.1, -0.05) is 0 Å². The van der Waals surface area contributed by atoms with Crippen molar-refractivity contribution in [3.05, 3.63) is 24.5 Å². The third-order valence-corrected chi connectivity index (χ3v) is 5.09. The van der Waals surface area contributed by atoms with Crippen molar-refractivity contribution in [2.45, 2.75) is 24.2 Å². The number of pyridine rings is 1. The van der Waals surface area contributed by atoms with E-state index in [1.165, 1.54) is 0 Å². The summed E-state index contributed by atoms with van der Waals surface area (Å²) in [6, 6.07) is 3.82. The number of hydrogen-bond donors (Lipinski definition) is 0. The number of hydrogen-bond acceptors (Lipinski definition) is 4. The molecule has 3 rings (SSSR count). The van der Waals surface area contributed by atoms with Crippen molar-refractivity contribution in [3.63, 3.8) is 0 Å². The minimum absolute atomic E-state index is 0.179. The van der Waals surface area contributed by atoms with Gasteiger partial charge >= 0.3 is 0 Å². The van der Waals surface area contributed by atoms with E-state index in [0.29, 0.717) is 0 Å². The van der Waals surface area contributed by atoms with Gasteiger partial charge in [-0.2, -0.15) is 0 Å². The van der Waals surface area contributed by atoms with E-state index in [-0.39, 0.29) is 16.8 Å². The summed E-state index contributed by atoms with van der Waals surface area (Å²) in [4.78, 5) is 17.2. The number of likely N-dealkylation sites (tertiary alicyclic amines) is 1. The van der Waals surface area contributed by atoms with E-state index in [1.807, 2.05) is 28.8 Å². The van der Waals surface area contributed by atoms with Crippen molar-refractivity contribution >= 4 is 17.7 Å². The fraction of sp³-hybridized carbons (Fsp3) is 0.538. The van der Waals surface area contributed by atoms with Crippen LogP contribution in [0, 0.1) is 0 Å². The molecule has 2 fully saturated rings. The van der Waals surface area contributed by atoms with Gasteiger partial charge in [0, 0.05) is 38.4 Å². The van der Waals surface area contributed by atoms with Crippen LogP contribution in [0.4, 0.5) is 0 Å². The zero-order valence-corrected chi connectivity index (χ0v) is 11.2. The second kappa shape index (κ2) is 4.46. The van der Waals surface area contributed by atoms with E-state index >= 15 is 0 Å². The summed E-state index contributed by atoms with van der Waals surface area (Å²) < 4.78 is 6.16. The molecule has 0 aliphatic carbocycles. The molecule has 96 valence electrons. The molecule has 1 aromatic heterocycles. The van der Waals surface area contributed by atoms with Gasteiger partial charge in [-0.05, 0) is 12.1 Å². The molecule has 5 heteroatoms. The second-order valence-electron chi connectivity index (χ2n) is 5.00. The van der Waals surface area contributed by atoms with Crippen LogP contribution in [0.2, 0.25) is 0 Å². The maximum absolute atomic E-state index is 11.2. The third kappa shape index (κ3) is 2.19. The number of rotatable bonds is 2. The predicted molar refractivity (Wildman–Crippen MR) is 70.7 cm³/mol. The summed E-state index contributed by atoms with van der Waals surface area (Å²) in [6.45, 7) is 3.38. The fourth-order valence-electron chi connectivity index (χ4n) is 2.58.